The van der Waals surface area contributed by atoms with E-state index >= 15 is 0 Å². The van der Waals surface area contributed by atoms with Crippen LogP contribution in [0.5, 0.6) is 0 Å². The highest BCUT2D eigenvalue weighted by Crippen LogP contribution is 2.34. The molecule has 0 aromatic heterocycles. The van der Waals surface area contributed by atoms with E-state index in [2.05, 4.69) is 5.32 Å². The van der Waals surface area contributed by atoms with Crippen LogP contribution in [0.1, 0.15) is 15.9 Å². The molecule has 0 saturated carbocycles. The maximum absolute atomic E-state index is 11.9. The molecule has 1 aliphatic heterocycles. The lowest BCUT2D eigenvalue weighted by Crippen LogP contribution is -2.12. The van der Waals surface area contributed by atoms with Crippen LogP contribution < -0.4 is 5.32 Å². The Hall–Kier alpha value is -2.62. The molecule has 0 aliphatic carbocycles. The van der Waals surface area contributed by atoms with Crippen LogP contribution in [0.15, 0.2) is 42.5 Å². The van der Waals surface area contributed by atoms with Crippen molar-refractivity contribution < 1.29 is 14.3 Å². The van der Waals surface area contributed by atoms with Crippen LogP contribution >= 0.6 is 0 Å². The summed E-state index contributed by atoms with van der Waals surface area (Å²) in [6.45, 7) is 0. The van der Waals surface area contributed by atoms with Crippen LogP contribution in [-0.2, 0) is 16.0 Å². The van der Waals surface area contributed by atoms with Crippen molar-refractivity contribution in [1.82, 2.24) is 0 Å². The summed E-state index contributed by atoms with van der Waals surface area (Å²) in [5.74, 6) is -0.434. The lowest BCUT2D eigenvalue weighted by molar-refractivity contribution is -0.115. The Morgan fingerprint density at radius 3 is 2.75 bits per heavy atom. The number of anilines is 1. The van der Waals surface area contributed by atoms with Crippen molar-refractivity contribution in [1.29, 1.82) is 0 Å². The molecule has 4 nitrogen and oxygen atoms in total. The summed E-state index contributed by atoms with van der Waals surface area (Å²) in [5, 5.41) is 2.88. The summed E-state index contributed by atoms with van der Waals surface area (Å²) in [5.41, 5.74) is 3.95. The minimum atomic E-state index is -0.381. The van der Waals surface area contributed by atoms with E-state index in [-0.39, 0.29) is 11.9 Å². The maximum atomic E-state index is 11.9. The standard InChI is InChI=1S/C16H13NO3/c1-20-16(19)11-7-6-10-9-15(18)17-14-5-3-2-4-12(14)13(10)8-11/h2-8H,9H2,1H3,(H,17,18). The van der Waals surface area contributed by atoms with E-state index in [4.69, 9.17) is 4.74 Å². The second kappa shape index (κ2) is 4.81. The van der Waals surface area contributed by atoms with E-state index in [1.54, 1.807) is 12.1 Å². The van der Waals surface area contributed by atoms with Gasteiger partial charge in [0.15, 0.2) is 0 Å². The molecule has 0 unspecified atom stereocenters. The minimum Gasteiger partial charge on any atom is -0.465 e. The van der Waals surface area contributed by atoms with Crippen molar-refractivity contribution in [3.8, 4) is 11.1 Å². The van der Waals surface area contributed by atoms with E-state index in [9.17, 15) is 9.59 Å². The number of rotatable bonds is 1. The van der Waals surface area contributed by atoms with Crippen molar-refractivity contribution in [3.63, 3.8) is 0 Å². The summed E-state index contributed by atoms with van der Waals surface area (Å²) in [6, 6.07) is 12.8. The predicted molar refractivity (Wildman–Crippen MR) is 75.6 cm³/mol. The molecular formula is C16H13NO3. The topological polar surface area (TPSA) is 55.4 Å². The van der Waals surface area contributed by atoms with Gasteiger partial charge in [-0.1, -0.05) is 24.3 Å². The number of carbonyl (C=O) groups excluding carboxylic acids is 2. The fraction of sp³-hybridized carbons (Fsp3) is 0.125. The first-order chi connectivity index (χ1) is 9.69. The highest BCUT2D eigenvalue weighted by molar-refractivity contribution is 6.02. The van der Waals surface area contributed by atoms with E-state index < -0.39 is 0 Å². The fourth-order valence-corrected chi connectivity index (χ4v) is 2.42. The largest absolute Gasteiger partial charge is 0.465 e. The number of amides is 1. The van der Waals surface area contributed by atoms with Crippen molar-refractivity contribution in [2.75, 3.05) is 12.4 Å². The Bertz CT molecular complexity index is 707. The summed E-state index contributed by atoms with van der Waals surface area (Å²) >= 11 is 0. The van der Waals surface area contributed by atoms with E-state index in [1.807, 2.05) is 30.3 Å². The number of nitrogens with one attached hydrogen (secondary N) is 1. The van der Waals surface area contributed by atoms with Gasteiger partial charge in [0.2, 0.25) is 5.91 Å². The van der Waals surface area contributed by atoms with Gasteiger partial charge in [0.25, 0.3) is 0 Å². The second-order valence-electron chi connectivity index (χ2n) is 4.63. The van der Waals surface area contributed by atoms with Crippen LogP contribution in [0.25, 0.3) is 11.1 Å². The molecule has 20 heavy (non-hydrogen) atoms. The minimum absolute atomic E-state index is 0.0537. The predicted octanol–water partition coefficient (Wildman–Crippen LogP) is 2.63. The number of hydrogen-bond donors (Lipinski definition) is 1. The van der Waals surface area contributed by atoms with Crippen molar-refractivity contribution in [2.45, 2.75) is 6.42 Å². The lowest BCUT2D eigenvalue weighted by atomic mass is 9.95. The van der Waals surface area contributed by atoms with Crippen LogP contribution in [-0.4, -0.2) is 19.0 Å². The summed E-state index contributed by atoms with van der Waals surface area (Å²) in [4.78, 5) is 23.5. The molecule has 4 heteroatoms. The van der Waals surface area contributed by atoms with Crippen molar-refractivity contribution in [2.24, 2.45) is 0 Å². The molecule has 2 aromatic rings. The zero-order valence-electron chi connectivity index (χ0n) is 11.0. The monoisotopic (exact) mass is 267 g/mol. The van der Waals surface area contributed by atoms with Crippen LogP contribution in [0.3, 0.4) is 0 Å². The fourth-order valence-electron chi connectivity index (χ4n) is 2.42. The number of methoxy groups -OCH3 is 1. The summed E-state index contributed by atoms with van der Waals surface area (Å²) in [7, 11) is 1.35. The van der Waals surface area contributed by atoms with Crippen molar-refractivity contribution in [3.05, 3.63) is 53.6 Å². The summed E-state index contributed by atoms with van der Waals surface area (Å²) < 4.78 is 4.75. The smallest absolute Gasteiger partial charge is 0.337 e. The third-order valence-electron chi connectivity index (χ3n) is 3.37. The average molecular weight is 267 g/mol. The zero-order valence-corrected chi connectivity index (χ0v) is 11.0. The molecule has 0 radical (unpaired) electrons. The molecule has 100 valence electrons. The third-order valence-corrected chi connectivity index (χ3v) is 3.37. The van der Waals surface area contributed by atoms with Gasteiger partial charge in [0.1, 0.15) is 0 Å². The molecule has 0 spiro atoms. The van der Waals surface area contributed by atoms with E-state index in [1.165, 1.54) is 7.11 Å². The number of hydrogen-bond acceptors (Lipinski definition) is 3. The number of esters is 1. The van der Waals surface area contributed by atoms with Gasteiger partial charge in [0, 0.05) is 11.3 Å². The normalized spacial score (nSPS) is 12.8. The van der Waals surface area contributed by atoms with Gasteiger partial charge in [-0.15, -0.1) is 0 Å². The molecule has 1 amide bonds. The third kappa shape index (κ3) is 2.05. The Balaban J connectivity index is 2.22. The van der Waals surface area contributed by atoms with Gasteiger partial charge in [-0.2, -0.15) is 0 Å². The number of carbonyl (C=O) groups is 2. The molecule has 0 atom stereocenters. The Morgan fingerprint density at radius 2 is 1.95 bits per heavy atom. The van der Waals surface area contributed by atoms with Crippen molar-refractivity contribution >= 4 is 17.6 Å². The maximum Gasteiger partial charge on any atom is 0.337 e. The first-order valence-electron chi connectivity index (χ1n) is 6.29. The first-order valence-corrected chi connectivity index (χ1v) is 6.29. The molecule has 1 N–H and O–H groups in total. The highest BCUT2D eigenvalue weighted by Gasteiger charge is 2.19. The van der Waals surface area contributed by atoms with Crippen LogP contribution in [0.2, 0.25) is 0 Å². The molecule has 0 fully saturated rings. The molecule has 1 aliphatic rings. The van der Waals surface area contributed by atoms with Crippen LogP contribution in [0, 0.1) is 0 Å². The second-order valence-corrected chi connectivity index (χ2v) is 4.63. The van der Waals surface area contributed by atoms with Gasteiger partial charge in [-0.05, 0) is 29.3 Å². The number of benzene rings is 2. The quantitative estimate of drug-likeness (QED) is 0.808. The number of fused-ring (bicyclic) bond motifs is 3. The molecule has 3 rings (SSSR count). The highest BCUT2D eigenvalue weighted by atomic mass is 16.5. The SMILES string of the molecule is COC(=O)c1ccc2c(c1)-c1ccccc1NC(=O)C2. The molecule has 2 aromatic carbocycles. The van der Waals surface area contributed by atoms with Gasteiger partial charge < -0.3 is 10.1 Å². The van der Waals surface area contributed by atoms with Crippen LogP contribution in [0.4, 0.5) is 5.69 Å². The van der Waals surface area contributed by atoms with E-state index in [0.717, 1.165) is 22.4 Å². The lowest BCUT2D eigenvalue weighted by Gasteiger charge is -2.09. The van der Waals surface area contributed by atoms with Gasteiger partial charge in [-0.3, -0.25) is 4.79 Å². The summed E-state index contributed by atoms with van der Waals surface area (Å²) in [6.07, 6.45) is 0.297. The van der Waals surface area contributed by atoms with E-state index in [0.29, 0.717) is 12.0 Å². The zero-order chi connectivity index (χ0) is 14.1. The molecule has 0 bridgehead atoms. The van der Waals surface area contributed by atoms with Gasteiger partial charge >= 0.3 is 5.97 Å². The Labute approximate surface area is 116 Å². The number of para-hydroxylation sites is 1. The van der Waals surface area contributed by atoms with Gasteiger partial charge in [0.05, 0.1) is 19.1 Å². The number of ether oxygens (including phenoxy) is 1. The Kier molecular flexibility index (Phi) is 2.99. The average Bonchev–Trinajstić information content (AvgIpc) is 2.61. The first kappa shape index (κ1) is 12.4. The Morgan fingerprint density at radius 1 is 1.15 bits per heavy atom. The molecule has 0 saturated heterocycles. The molecule has 1 heterocycles. The molecular weight excluding hydrogens is 254 g/mol. The van der Waals surface area contributed by atoms with Gasteiger partial charge in [-0.25, -0.2) is 4.79 Å².